The first-order chi connectivity index (χ1) is 9.49. The molecule has 0 N–H and O–H groups in total. The second-order valence-corrected chi connectivity index (χ2v) is 5.93. The summed E-state index contributed by atoms with van der Waals surface area (Å²) in [4.78, 5) is 25.7. The van der Waals surface area contributed by atoms with Crippen LogP contribution in [0, 0.1) is 9.49 Å². The molecule has 0 aliphatic carbocycles. The lowest BCUT2D eigenvalue weighted by molar-refractivity contribution is -0.145. The van der Waals surface area contributed by atoms with E-state index in [9.17, 15) is 9.59 Å². The minimum Gasteiger partial charge on any atom is -0.469 e. The summed E-state index contributed by atoms with van der Waals surface area (Å²) in [6, 6.07) is 7.44. The van der Waals surface area contributed by atoms with Gasteiger partial charge < -0.3 is 9.64 Å². The van der Waals surface area contributed by atoms with E-state index in [0.717, 1.165) is 9.99 Å². The lowest BCUT2D eigenvalue weighted by atomic mass is 10.1. The van der Waals surface area contributed by atoms with Crippen LogP contribution < -0.4 is 0 Å². The molecular weight excluding hydrogens is 369 g/mol. The molecule has 0 aromatic heterocycles. The van der Waals surface area contributed by atoms with E-state index in [1.807, 2.05) is 31.2 Å². The Bertz CT molecular complexity index is 459. The van der Waals surface area contributed by atoms with E-state index in [1.165, 1.54) is 7.11 Å². The number of esters is 1. The van der Waals surface area contributed by atoms with Gasteiger partial charge >= 0.3 is 5.97 Å². The highest BCUT2D eigenvalue weighted by molar-refractivity contribution is 14.1. The molecule has 1 aromatic carbocycles. The Balaban J connectivity index is 2.81. The third-order valence-electron chi connectivity index (χ3n) is 2.97. The quantitative estimate of drug-likeness (QED) is 0.555. The second-order valence-electron chi connectivity index (χ2n) is 4.68. The molecule has 0 spiro atoms. The van der Waals surface area contributed by atoms with Gasteiger partial charge in [0.2, 0.25) is 0 Å². The number of halogens is 1. The van der Waals surface area contributed by atoms with Crippen molar-refractivity contribution in [1.82, 2.24) is 4.90 Å². The molecule has 4 nitrogen and oxygen atoms in total. The van der Waals surface area contributed by atoms with Gasteiger partial charge in [-0.3, -0.25) is 9.59 Å². The molecular formula is C15H20INO3. The standard InChI is InChI=1S/C15H20INO3/c1-4-9-17(10-11(2)15(19)20-3)14(18)12-5-7-13(16)8-6-12/h5-8,11H,4,9-10H2,1-3H3. The summed E-state index contributed by atoms with van der Waals surface area (Å²) in [5, 5.41) is 0. The molecule has 1 aromatic rings. The van der Waals surface area contributed by atoms with Gasteiger partial charge in [0.1, 0.15) is 0 Å². The van der Waals surface area contributed by atoms with Gasteiger partial charge in [-0.25, -0.2) is 0 Å². The normalized spacial score (nSPS) is 11.8. The van der Waals surface area contributed by atoms with E-state index >= 15 is 0 Å². The topological polar surface area (TPSA) is 46.6 Å². The van der Waals surface area contributed by atoms with Crippen LogP contribution in [0.5, 0.6) is 0 Å². The van der Waals surface area contributed by atoms with Gasteiger partial charge in [0, 0.05) is 22.2 Å². The summed E-state index contributed by atoms with van der Waals surface area (Å²) < 4.78 is 5.80. The van der Waals surface area contributed by atoms with Gasteiger partial charge in [-0.15, -0.1) is 0 Å². The first kappa shape index (κ1) is 16.9. The van der Waals surface area contributed by atoms with Crippen LogP contribution in [0.3, 0.4) is 0 Å². The summed E-state index contributed by atoms with van der Waals surface area (Å²) in [5.41, 5.74) is 0.649. The molecule has 0 aliphatic rings. The van der Waals surface area contributed by atoms with Crippen molar-refractivity contribution in [1.29, 1.82) is 0 Å². The zero-order valence-corrected chi connectivity index (χ0v) is 14.2. The minimum atomic E-state index is -0.320. The molecule has 1 atom stereocenters. The van der Waals surface area contributed by atoms with E-state index in [4.69, 9.17) is 4.74 Å². The summed E-state index contributed by atoms with van der Waals surface area (Å²) in [5.74, 6) is -0.653. The SMILES string of the molecule is CCCN(CC(C)C(=O)OC)C(=O)c1ccc(I)cc1. The van der Waals surface area contributed by atoms with Gasteiger partial charge in [-0.2, -0.15) is 0 Å². The number of nitrogens with zero attached hydrogens (tertiary/aromatic N) is 1. The van der Waals surface area contributed by atoms with Crippen LogP contribution in [0.25, 0.3) is 0 Å². The molecule has 0 saturated heterocycles. The molecule has 0 radical (unpaired) electrons. The summed E-state index contributed by atoms with van der Waals surface area (Å²) in [7, 11) is 1.37. The molecule has 0 bridgehead atoms. The van der Waals surface area contributed by atoms with Crippen molar-refractivity contribution in [2.75, 3.05) is 20.2 Å². The third kappa shape index (κ3) is 4.77. The van der Waals surface area contributed by atoms with E-state index in [0.29, 0.717) is 18.7 Å². The molecule has 0 aliphatic heterocycles. The number of methoxy groups -OCH3 is 1. The smallest absolute Gasteiger partial charge is 0.310 e. The van der Waals surface area contributed by atoms with E-state index in [1.54, 1.807) is 11.8 Å². The molecule has 1 unspecified atom stereocenters. The third-order valence-corrected chi connectivity index (χ3v) is 3.69. The highest BCUT2D eigenvalue weighted by Crippen LogP contribution is 2.12. The zero-order chi connectivity index (χ0) is 15.1. The summed E-state index contributed by atoms with van der Waals surface area (Å²) >= 11 is 2.20. The van der Waals surface area contributed by atoms with Crippen LogP contribution in [0.2, 0.25) is 0 Å². The monoisotopic (exact) mass is 389 g/mol. The maximum atomic E-state index is 12.5. The molecule has 0 saturated carbocycles. The van der Waals surface area contributed by atoms with Crippen molar-refractivity contribution in [3.63, 3.8) is 0 Å². The second kappa shape index (κ2) is 8.24. The van der Waals surface area contributed by atoms with Gasteiger partial charge in [0.15, 0.2) is 0 Å². The number of ether oxygens (including phenoxy) is 1. The summed E-state index contributed by atoms with van der Waals surface area (Å²) in [6.45, 7) is 4.80. The number of hydrogen-bond donors (Lipinski definition) is 0. The van der Waals surface area contributed by atoms with Gasteiger partial charge in [0.25, 0.3) is 5.91 Å². The number of amides is 1. The fourth-order valence-corrected chi connectivity index (χ4v) is 2.29. The predicted molar refractivity (Wildman–Crippen MR) is 86.5 cm³/mol. The molecule has 0 fully saturated rings. The van der Waals surface area contributed by atoms with Crippen LogP contribution in [0.1, 0.15) is 30.6 Å². The van der Waals surface area contributed by atoms with Crippen molar-refractivity contribution in [3.05, 3.63) is 33.4 Å². The first-order valence-corrected chi connectivity index (χ1v) is 7.70. The highest BCUT2D eigenvalue weighted by atomic mass is 127. The van der Waals surface area contributed by atoms with Crippen LogP contribution in [0.4, 0.5) is 0 Å². The average molecular weight is 389 g/mol. The highest BCUT2D eigenvalue weighted by Gasteiger charge is 2.21. The number of carbonyl (C=O) groups is 2. The maximum Gasteiger partial charge on any atom is 0.310 e. The number of carbonyl (C=O) groups excluding carboxylic acids is 2. The van der Waals surface area contributed by atoms with Gasteiger partial charge in [-0.1, -0.05) is 13.8 Å². The molecule has 20 heavy (non-hydrogen) atoms. The first-order valence-electron chi connectivity index (χ1n) is 6.62. The van der Waals surface area contributed by atoms with Gasteiger partial charge in [0.05, 0.1) is 13.0 Å². The van der Waals surface area contributed by atoms with Crippen molar-refractivity contribution in [2.24, 2.45) is 5.92 Å². The maximum absolute atomic E-state index is 12.5. The Morgan fingerprint density at radius 2 is 1.90 bits per heavy atom. The van der Waals surface area contributed by atoms with Crippen molar-refractivity contribution < 1.29 is 14.3 Å². The van der Waals surface area contributed by atoms with Crippen molar-refractivity contribution >= 4 is 34.5 Å². The summed E-state index contributed by atoms with van der Waals surface area (Å²) in [6.07, 6.45) is 0.851. The molecule has 1 amide bonds. The van der Waals surface area contributed by atoms with Crippen LogP contribution in [-0.4, -0.2) is 37.0 Å². The zero-order valence-electron chi connectivity index (χ0n) is 12.1. The van der Waals surface area contributed by atoms with Crippen LogP contribution >= 0.6 is 22.6 Å². The van der Waals surface area contributed by atoms with Gasteiger partial charge in [-0.05, 0) is 53.3 Å². The predicted octanol–water partition coefficient (Wildman–Crippen LogP) is 2.95. The Hall–Kier alpha value is -1.11. The fourth-order valence-electron chi connectivity index (χ4n) is 1.93. The fraction of sp³-hybridized carbons (Fsp3) is 0.467. The average Bonchev–Trinajstić information content (AvgIpc) is 2.45. The number of hydrogen-bond acceptors (Lipinski definition) is 3. The Morgan fingerprint density at radius 3 is 2.40 bits per heavy atom. The lowest BCUT2D eigenvalue weighted by Gasteiger charge is -2.24. The van der Waals surface area contributed by atoms with E-state index in [-0.39, 0.29) is 17.8 Å². The van der Waals surface area contributed by atoms with Crippen LogP contribution in [0.15, 0.2) is 24.3 Å². The Morgan fingerprint density at radius 1 is 1.30 bits per heavy atom. The largest absolute Gasteiger partial charge is 0.469 e. The molecule has 110 valence electrons. The minimum absolute atomic E-state index is 0.0426. The molecule has 0 heterocycles. The molecule has 1 rings (SSSR count). The van der Waals surface area contributed by atoms with Crippen molar-refractivity contribution in [3.8, 4) is 0 Å². The molecule has 5 heteroatoms. The number of benzene rings is 1. The van der Waals surface area contributed by atoms with Crippen molar-refractivity contribution in [2.45, 2.75) is 20.3 Å². The van der Waals surface area contributed by atoms with E-state index in [2.05, 4.69) is 22.6 Å². The Kier molecular flexibility index (Phi) is 6.98. The number of rotatable bonds is 6. The van der Waals surface area contributed by atoms with Crippen LogP contribution in [-0.2, 0) is 9.53 Å². The Labute approximate surface area is 133 Å². The lowest BCUT2D eigenvalue weighted by Crippen LogP contribution is -2.37. The van der Waals surface area contributed by atoms with E-state index < -0.39 is 0 Å².